The molecule has 0 spiro atoms. The van der Waals surface area contributed by atoms with Gasteiger partial charge in [-0.15, -0.1) is 0 Å². The second-order valence-electron chi connectivity index (χ2n) is 5.24. The van der Waals surface area contributed by atoms with Gasteiger partial charge in [0.25, 0.3) is 0 Å². The van der Waals surface area contributed by atoms with E-state index in [2.05, 4.69) is 6.58 Å². The van der Waals surface area contributed by atoms with Gasteiger partial charge in [0.15, 0.2) is 12.1 Å². The van der Waals surface area contributed by atoms with Crippen LogP contribution in [0.5, 0.6) is 0 Å². The summed E-state index contributed by atoms with van der Waals surface area (Å²) in [7, 11) is 0. The van der Waals surface area contributed by atoms with Gasteiger partial charge in [-0.05, 0) is 13.8 Å². The van der Waals surface area contributed by atoms with Crippen molar-refractivity contribution in [3.63, 3.8) is 0 Å². The lowest BCUT2D eigenvalue weighted by Gasteiger charge is -2.37. The lowest BCUT2D eigenvalue weighted by molar-refractivity contribution is -0.259. The minimum Gasteiger partial charge on any atom is -0.499 e. The number of aliphatic hydroxyl groups excluding tert-OH is 2. The Bertz CT molecular complexity index is 333. The molecule has 2 aliphatic heterocycles. The Morgan fingerprint density at radius 3 is 2.65 bits per heavy atom. The summed E-state index contributed by atoms with van der Waals surface area (Å²) < 4.78 is 26.9. The molecule has 0 aromatic carbocycles. The Hall–Kier alpha value is -0.700. The van der Waals surface area contributed by atoms with E-state index >= 15 is 0 Å². The van der Waals surface area contributed by atoms with E-state index in [0.29, 0.717) is 13.2 Å². The number of aliphatic hydroxyl groups is 2. The fourth-order valence-electron chi connectivity index (χ4n) is 2.29. The Kier molecular flexibility index (Phi) is 5.00. The molecule has 2 fully saturated rings. The number of ether oxygens (including phenoxy) is 5. The summed E-state index contributed by atoms with van der Waals surface area (Å²) in [5, 5.41) is 20.1. The molecule has 0 saturated carbocycles. The maximum atomic E-state index is 10.1. The normalized spacial score (nSPS) is 39.3. The molecule has 7 nitrogen and oxygen atoms in total. The van der Waals surface area contributed by atoms with Gasteiger partial charge < -0.3 is 33.9 Å². The highest BCUT2D eigenvalue weighted by Gasteiger charge is 2.53. The van der Waals surface area contributed by atoms with Crippen molar-refractivity contribution < 1.29 is 33.9 Å². The van der Waals surface area contributed by atoms with Crippen LogP contribution in [-0.2, 0) is 23.7 Å². The van der Waals surface area contributed by atoms with Gasteiger partial charge in [-0.25, -0.2) is 0 Å². The molecule has 2 heterocycles. The van der Waals surface area contributed by atoms with E-state index in [1.165, 1.54) is 6.26 Å². The highest BCUT2D eigenvalue weighted by molar-refractivity contribution is 4.93. The molecular weight excluding hydrogens is 268 g/mol. The first-order valence-corrected chi connectivity index (χ1v) is 6.62. The summed E-state index contributed by atoms with van der Waals surface area (Å²) in [6.07, 6.45) is -2.91. The molecule has 2 N–H and O–H groups in total. The van der Waals surface area contributed by atoms with Crippen molar-refractivity contribution in [3.05, 3.63) is 12.8 Å². The monoisotopic (exact) mass is 290 g/mol. The Balaban J connectivity index is 1.84. The first-order valence-electron chi connectivity index (χ1n) is 6.62. The zero-order valence-electron chi connectivity index (χ0n) is 11.7. The number of fused-ring (bicyclic) bond motifs is 1. The second kappa shape index (κ2) is 6.38. The molecule has 2 rings (SSSR count). The van der Waals surface area contributed by atoms with E-state index < -0.39 is 36.5 Å². The van der Waals surface area contributed by atoms with Crippen molar-refractivity contribution in [2.75, 3.05) is 19.8 Å². The summed E-state index contributed by atoms with van der Waals surface area (Å²) in [6, 6.07) is 0. The third kappa shape index (κ3) is 3.49. The maximum absolute atomic E-state index is 10.1. The molecular formula is C13H22O7. The fourth-order valence-corrected chi connectivity index (χ4v) is 2.29. The smallest absolute Gasteiger partial charge is 0.190 e. The molecule has 0 radical (unpaired) electrons. The molecule has 0 aromatic rings. The van der Waals surface area contributed by atoms with Crippen LogP contribution in [0.15, 0.2) is 12.8 Å². The molecule has 20 heavy (non-hydrogen) atoms. The van der Waals surface area contributed by atoms with Crippen LogP contribution in [0.25, 0.3) is 0 Å². The van der Waals surface area contributed by atoms with Crippen LogP contribution >= 0.6 is 0 Å². The largest absolute Gasteiger partial charge is 0.499 e. The Morgan fingerprint density at radius 2 is 1.95 bits per heavy atom. The van der Waals surface area contributed by atoms with Gasteiger partial charge in [-0.2, -0.15) is 0 Å². The Morgan fingerprint density at radius 1 is 1.20 bits per heavy atom. The molecule has 116 valence electrons. The van der Waals surface area contributed by atoms with Crippen molar-refractivity contribution in [2.24, 2.45) is 0 Å². The Labute approximate surface area is 118 Å². The van der Waals surface area contributed by atoms with Crippen LogP contribution in [0.2, 0.25) is 0 Å². The molecule has 2 aliphatic rings. The van der Waals surface area contributed by atoms with Crippen molar-refractivity contribution in [1.82, 2.24) is 0 Å². The van der Waals surface area contributed by atoms with Crippen LogP contribution < -0.4 is 0 Å². The van der Waals surface area contributed by atoms with Gasteiger partial charge in [0.1, 0.15) is 31.0 Å². The van der Waals surface area contributed by atoms with E-state index in [1.807, 2.05) is 0 Å². The fraction of sp³-hybridized carbons (Fsp3) is 0.846. The van der Waals surface area contributed by atoms with Gasteiger partial charge in [-0.1, -0.05) is 6.58 Å². The topological polar surface area (TPSA) is 86.6 Å². The van der Waals surface area contributed by atoms with Crippen molar-refractivity contribution in [2.45, 2.75) is 50.3 Å². The molecule has 5 atom stereocenters. The highest BCUT2D eigenvalue weighted by Crippen LogP contribution is 2.36. The molecule has 0 aliphatic carbocycles. The van der Waals surface area contributed by atoms with Gasteiger partial charge in [0, 0.05) is 0 Å². The van der Waals surface area contributed by atoms with Crippen molar-refractivity contribution in [3.8, 4) is 0 Å². The van der Waals surface area contributed by atoms with Crippen LogP contribution in [0.4, 0.5) is 0 Å². The second-order valence-corrected chi connectivity index (χ2v) is 5.24. The number of hydrogen-bond acceptors (Lipinski definition) is 7. The molecule has 7 heteroatoms. The minimum absolute atomic E-state index is 0.131. The predicted molar refractivity (Wildman–Crippen MR) is 67.7 cm³/mol. The lowest BCUT2D eigenvalue weighted by Crippen LogP contribution is -2.57. The quantitative estimate of drug-likeness (QED) is 0.516. The third-order valence-corrected chi connectivity index (χ3v) is 3.21. The van der Waals surface area contributed by atoms with Gasteiger partial charge in [0.05, 0.1) is 19.5 Å². The number of rotatable bonds is 6. The van der Waals surface area contributed by atoms with Crippen LogP contribution in [0, 0.1) is 0 Å². The number of hydrogen-bond donors (Lipinski definition) is 2. The van der Waals surface area contributed by atoms with Gasteiger partial charge >= 0.3 is 0 Å². The third-order valence-electron chi connectivity index (χ3n) is 3.21. The molecule has 0 aromatic heterocycles. The summed E-state index contributed by atoms with van der Waals surface area (Å²) >= 11 is 0. The van der Waals surface area contributed by atoms with E-state index in [9.17, 15) is 10.2 Å². The van der Waals surface area contributed by atoms with E-state index in [0.717, 1.165) is 0 Å². The average Bonchev–Trinajstić information content (AvgIpc) is 2.70. The lowest BCUT2D eigenvalue weighted by atomic mass is 9.99. The van der Waals surface area contributed by atoms with Gasteiger partial charge in [-0.3, -0.25) is 0 Å². The first-order chi connectivity index (χ1) is 9.44. The van der Waals surface area contributed by atoms with Crippen molar-refractivity contribution >= 4 is 0 Å². The molecule has 0 bridgehead atoms. The first kappa shape index (κ1) is 15.7. The summed E-state index contributed by atoms with van der Waals surface area (Å²) in [6.45, 7) is 7.71. The summed E-state index contributed by atoms with van der Waals surface area (Å²) in [4.78, 5) is 0. The standard InChI is InChI=1S/C13H22O7/c1-4-16-5-6-17-7-8-9(14)10(15)11-12(18-8)20-13(2,3)19-11/h4,8-12,14-15H,1,5-7H2,2-3H3/t8-,9+,10+,11-,12-/m1/s1. The predicted octanol–water partition coefficient (Wildman–Crippen LogP) is -0.239. The van der Waals surface area contributed by atoms with Crippen LogP contribution in [0.1, 0.15) is 13.8 Å². The zero-order chi connectivity index (χ0) is 14.8. The molecule has 0 amide bonds. The minimum atomic E-state index is -1.09. The summed E-state index contributed by atoms with van der Waals surface area (Å²) in [5.41, 5.74) is 0. The van der Waals surface area contributed by atoms with E-state index in [1.54, 1.807) is 13.8 Å². The maximum Gasteiger partial charge on any atom is 0.190 e. The van der Waals surface area contributed by atoms with Crippen molar-refractivity contribution in [1.29, 1.82) is 0 Å². The van der Waals surface area contributed by atoms with Gasteiger partial charge in [0.2, 0.25) is 0 Å². The SMILES string of the molecule is C=COCCOC[C@H]1O[C@@H]2OC(C)(C)O[C@@H]2[C@@H](O)[C@H]1O. The molecule has 0 unspecified atom stereocenters. The molecule has 2 saturated heterocycles. The zero-order valence-corrected chi connectivity index (χ0v) is 11.7. The highest BCUT2D eigenvalue weighted by atomic mass is 16.8. The van der Waals surface area contributed by atoms with Crippen LogP contribution in [-0.4, -0.2) is 66.5 Å². The van der Waals surface area contributed by atoms with Crippen LogP contribution in [0.3, 0.4) is 0 Å². The van der Waals surface area contributed by atoms with E-state index in [4.69, 9.17) is 23.7 Å². The average molecular weight is 290 g/mol. The van der Waals surface area contributed by atoms with E-state index in [-0.39, 0.29) is 6.61 Å². The summed E-state index contributed by atoms with van der Waals surface area (Å²) in [5.74, 6) is -0.844.